The van der Waals surface area contributed by atoms with Gasteiger partial charge in [-0.05, 0) is 49.5 Å². The third kappa shape index (κ3) is 3.47. The van der Waals surface area contributed by atoms with Crippen molar-refractivity contribution in [1.29, 1.82) is 0 Å². The summed E-state index contributed by atoms with van der Waals surface area (Å²) in [6.45, 7) is 3.32. The van der Waals surface area contributed by atoms with Crippen molar-refractivity contribution in [3.63, 3.8) is 0 Å². The van der Waals surface area contributed by atoms with E-state index >= 15 is 0 Å². The molecule has 5 nitrogen and oxygen atoms in total. The minimum absolute atomic E-state index is 0.659. The molecule has 0 unspecified atom stereocenters. The lowest BCUT2D eigenvalue weighted by atomic mass is 9.90. The zero-order chi connectivity index (χ0) is 15.5. The topological polar surface area (TPSA) is 37.2 Å². The molecule has 1 aliphatic rings. The maximum absolute atomic E-state index is 4.41. The van der Waals surface area contributed by atoms with Gasteiger partial charge in [-0.2, -0.15) is 5.10 Å². The van der Waals surface area contributed by atoms with Gasteiger partial charge in [0, 0.05) is 45.6 Å². The van der Waals surface area contributed by atoms with E-state index in [1.54, 1.807) is 0 Å². The van der Waals surface area contributed by atoms with Crippen LogP contribution >= 0.6 is 0 Å². The van der Waals surface area contributed by atoms with Gasteiger partial charge in [-0.1, -0.05) is 0 Å². The Morgan fingerprint density at radius 2 is 2.05 bits per heavy atom. The second-order valence-corrected chi connectivity index (χ2v) is 6.41. The normalized spacial score (nSPS) is 16.9. The van der Waals surface area contributed by atoms with Crippen LogP contribution in [0.25, 0.3) is 0 Å². The van der Waals surface area contributed by atoms with Crippen LogP contribution in [-0.2, 0) is 13.6 Å². The average Bonchev–Trinajstić information content (AvgIpc) is 2.93. The highest BCUT2D eigenvalue weighted by Gasteiger charge is 2.21. The van der Waals surface area contributed by atoms with Crippen molar-refractivity contribution in [1.82, 2.24) is 19.7 Å². The molecule has 0 aliphatic carbocycles. The van der Waals surface area contributed by atoms with Crippen molar-refractivity contribution in [2.24, 2.45) is 7.05 Å². The standard InChI is InChI=1S/C17H25N5/c1-20(2)17-10-16(4-7-18-17)15-5-8-22(9-6-15)13-14-11-19-21(3)12-14/h4,7,10-12,15H,5-6,8-9,13H2,1-3H3. The van der Waals surface area contributed by atoms with Gasteiger partial charge < -0.3 is 4.90 Å². The Kier molecular flexibility index (Phi) is 4.43. The van der Waals surface area contributed by atoms with Crippen molar-refractivity contribution >= 4 is 5.82 Å². The molecular formula is C17H25N5. The first kappa shape index (κ1) is 15.0. The maximum atomic E-state index is 4.41. The summed E-state index contributed by atoms with van der Waals surface area (Å²) in [4.78, 5) is 9.01. The molecule has 0 bridgehead atoms. The lowest BCUT2D eigenvalue weighted by molar-refractivity contribution is 0.204. The minimum atomic E-state index is 0.659. The van der Waals surface area contributed by atoms with E-state index < -0.39 is 0 Å². The predicted molar refractivity (Wildman–Crippen MR) is 89.0 cm³/mol. The van der Waals surface area contributed by atoms with E-state index in [0.29, 0.717) is 5.92 Å². The van der Waals surface area contributed by atoms with E-state index in [-0.39, 0.29) is 0 Å². The summed E-state index contributed by atoms with van der Waals surface area (Å²) in [5.74, 6) is 1.71. The molecular weight excluding hydrogens is 274 g/mol. The number of hydrogen-bond donors (Lipinski definition) is 0. The molecule has 0 N–H and O–H groups in total. The number of likely N-dealkylation sites (tertiary alicyclic amines) is 1. The first-order chi connectivity index (χ1) is 10.6. The average molecular weight is 299 g/mol. The van der Waals surface area contributed by atoms with Gasteiger partial charge >= 0.3 is 0 Å². The molecule has 0 saturated carbocycles. The number of aromatic nitrogens is 3. The van der Waals surface area contributed by atoms with Gasteiger partial charge in [0.15, 0.2) is 0 Å². The first-order valence-electron chi connectivity index (χ1n) is 7.95. The molecule has 22 heavy (non-hydrogen) atoms. The molecule has 0 aromatic carbocycles. The van der Waals surface area contributed by atoms with E-state index in [1.807, 2.05) is 38.2 Å². The van der Waals surface area contributed by atoms with Crippen molar-refractivity contribution in [3.05, 3.63) is 41.9 Å². The molecule has 5 heteroatoms. The van der Waals surface area contributed by atoms with Crippen LogP contribution in [0, 0.1) is 0 Å². The number of pyridine rings is 1. The summed E-state index contributed by atoms with van der Waals surface area (Å²) < 4.78 is 1.88. The summed E-state index contributed by atoms with van der Waals surface area (Å²) >= 11 is 0. The van der Waals surface area contributed by atoms with E-state index in [1.165, 1.54) is 24.0 Å². The van der Waals surface area contributed by atoms with Crippen LogP contribution in [0.1, 0.15) is 29.9 Å². The zero-order valence-electron chi connectivity index (χ0n) is 13.7. The number of hydrogen-bond acceptors (Lipinski definition) is 4. The lowest BCUT2D eigenvalue weighted by Crippen LogP contribution is -2.32. The first-order valence-corrected chi connectivity index (χ1v) is 7.95. The van der Waals surface area contributed by atoms with Gasteiger partial charge in [0.05, 0.1) is 6.20 Å². The molecule has 1 fully saturated rings. The molecule has 2 aromatic heterocycles. The highest BCUT2D eigenvalue weighted by molar-refractivity contribution is 5.40. The van der Waals surface area contributed by atoms with E-state index in [0.717, 1.165) is 25.5 Å². The molecule has 0 amide bonds. The quantitative estimate of drug-likeness (QED) is 0.868. The number of piperidine rings is 1. The maximum Gasteiger partial charge on any atom is 0.128 e. The monoisotopic (exact) mass is 299 g/mol. The highest BCUT2D eigenvalue weighted by Crippen LogP contribution is 2.29. The number of nitrogens with zero attached hydrogens (tertiary/aromatic N) is 5. The summed E-state index contributed by atoms with van der Waals surface area (Å²) in [7, 11) is 6.06. The van der Waals surface area contributed by atoms with Gasteiger partial charge in [-0.3, -0.25) is 9.58 Å². The Balaban J connectivity index is 1.58. The summed E-state index contributed by atoms with van der Waals surface area (Å²) in [5.41, 5.74) is 2.74. The molecule has 1 saturated heterocycles. The lowest BCUT2D eigenvalue weighted by Gasteiger charge is -2.32. The fourth-order valence-electron chi connectivity index (χ4n) is 3.17. The van der Waals surface area contributed by atoms with E-state index in [2.05, 4.69) is 38.2 Å². The number of anilines is 1. The SMILES string of the molecule is CN(C)c1cc(C2CCN(Cc3cnn(C)c3)CC2)ccn1. The van der Waals surface area contributed by atoms with Crippen LogP contribution in [0.4, 0.5) is 5.82 Å². The Hall–Kier alpha value is -1.88. The molecule has 3 heterocycles. The predicted octanol–water partition coefficient (Wildman–Crippen LogP) is 2.26. The van der Waals surface area contributed by atoms with Crippen LogP contribution in [0.15, 0.2) is 30.7 Å². The van der Waals surface area contributed by atoms with Crippen molar-refractivity contribution in [2.75, 3.05) is 32.1 Å². The van der Waals surface area contributed by atoms with Crippen molar-refractivity contribution in [3.8, 4) is 0 Å². The van der Waals surface area contributed by atoms with E-state index in [4.69, 9.17) is 0 Å². The molecule has 0 radical (unpaired) electrons. The third-order valence-electron chi connectivity index (χ3n) is 4.45. The van der Waals surface area contributed by atoms with Crippen LogP contribution in [0.3, 0.4) is 0 Å². The number of rotatable bonds is 4. The summed E-state index contributed by atoms with van der Waals surface area (Å²) in [5, 5.41) is 4.25. The fraction of sp³-hybridized carbons (Fsp3) is 0.529. The number of aryl methyl sites for hydroxylation is 1. The third-order valence-corrected chi connectivity index (χ3v) is 4.45. The molecule has 2 aromatic rings. The molecule has 118 valence electrons. The van der Waals surface area contributed by atoms with Crippen LogP contribution in [0.2, 0.25) is 0 Å². The van der Waals surface area contributed by atoms with Gasteiger partial charge in [0.2, 0.25) is 0 Å². The zero-order valence-corrected chi connectivity index (χ0v) is 13.7. The van der Waals surface area contributed by atoms with E-state index in [9.17, 15) is 0 Å². The van der Waals surface area contributed by atoms with Crippen molar-refractivity contribution < 1.29 is 0 Å². The Morgan fingerprint density at radius 1 is 1.27 bits per heavy atom. The molecule has 0 atom stereocenters. The van der Waals surface area contributed by atoms with Gasteiger partial charge in [-0.15, -0.1) is 0 Å². The fourth-order valence-corrected chi connectivity index (χ4v) is 3.17. The van der Waals surface area contributed by atoms with Crippen LogP contribution < -0.4 is 4.90 Å². The van der Waals surface area contributed by atoms with Crippen LogP contribution in [-0.4, -0.2) is 46.8 Å². The van der Waals surface area contributed by atoms with Gasteiger partial charge in [0.25, 0.3) is 0 Å². The highest BCUT2D eigenvalue weighted by atomic mass is 15.2. The van der Waals surface area contributed by atoms with Crippen molar-refractivity contribution in [2.45, 2.75) is 25.3 Å². The Morgan fingerprint density at radius 3 is 2.68 bits per heavy atom. The second-order valence-electron chi connectivity index (χ2n) is 6.41. The Labute approximate surface area is 132 Å². The summed E-state index contributed by atoms with van der Waals surface area (Å²) in [6, 6.07) is 4.41. The minimum Gasteiger partial charge on any atom is -0.363 e. The Bertz CT molecular complexity index is 611. The molecule has 1 aliphatic heterocycles. The largest absolute Gasteiger partial charge is 0.363 e. The van der Waals surface area contributed by atoms with Gasteiger partial charge in [0.1, 0.15) is 5.82 Å². The second kappa shape index (κ2) is 6.48. The molecule has 0 spiro atoms. The smallest absolute Gasteiger partial charge is 0.128 e. The molecule has 3 rings (SSSR count). The summed E-state index contributed by atoms with van der Waals surface area (Å²) in [6.07, 6.45) is 8.46. The van der Waals surface area contributed by atoms with Crippen LogP contribution in [0.5, 0.6) is 0 Å². The van der Waals surface area contributed by atoms with Gasteiger partial charge in [-0.25, -0.2) is 4.98 Å².